The molecule has 0 aromatic heterocycles. The standard InChI is InChI=1S/C18H36O4/c1-5-6-7-8-10-17(4)22-18(19)11-9-12-20-13-14-21-15-16(2)3/h16-17H,5-15H2,1-4H3. The van der Waals surface area contributed by atoms with Crippen molar-refractivity contribution in [1.29, 1.82) is 0 Å². The summed E-state index contributed by atoms with van der Waals surface area (Å²) >= 11 is 0. The molecular weight excluding hydrogens is 280 g/mol. The molecule has 0 rings (SSSR count). The van der Waals surface area contributed by atoms with Gasteiger partial charge in [0.2, 0.25) is 0 Å². The zero-order chi connectivity index (χ0) is 16.6. The molecule has 0 saturated carbocycles. The summed E-state index contributed by atoms with van der Waals surface area (Å²) in [4.78, 5) is 11.7. The Bertz CT molecular complexity index is 253. The Balaban J connectivity index is 3.34. The SMILES string of the molecule is CCCCCCC(C)OC(=O)CCCOCCOCC(C)C. The maximum absolute atomic E-state index is 11.7. The van der Waals surface area contributed by atoms with Crippen molar-refractivity contribution >= 4 is 5.97 Å². The number of carbonyl (C=O) groups is 1. The van der Waals surface area contributed by atoms with Gasteiger partial charge in [0, 0.05) is 19.6 Å². The van der Waals surface area contributed by atoms with Crippen molar-refractivity contribution in [3.8, 4) is 0 Å². The molecule has 1 atom stereocenters. The largest absolute Gasteiger partial charge is 0.463 e. The van der Waals surface area contributed by atoms with Gasteiger partial charge < -0.3 is 14.2 Å². The van der Waals surface area contributed by atoms with Gasteiger partial charge in [-0.05, 0) is 32.1 Å². The highest BCUT2D eigenvalue weighted by Gasteiger charge is 2.09. The summed E-state index contributed by atoms with van der Waals surface area (Å²) in [6, 6.07) is 0. The van der Waals surface area contributed by atoms with Crippen LogP contribution in [0.1, 0.15) is 72.6 Å². The number of esters is 1. The number of ether oxygens (including phenoxy) is 3. The van der Waals surface area contributed by atoms with Crippen LogP contribution in [0, 0.1) is 5.92 Å². The predicted molar refractivity (Wildman–Crippen MR) is 90.0 cm³/mol. The first-order chi connectivity index (χ1) is 10.6. The molecule has 0 aliphatic heterocycles. The minimum Gasteiger partial charge on any atom is -0.463 e. The van der Waals surface area contributed by atoms with Crippen LogP contribution in [0.5, 0.6) is 0 Å². The molecule has 0 aliphatic rings. The van der Waals surface area contributed by atoms with Crippen molar-refractivity contribution in [3.05, 3.63) is 0 Å². The van der Waals surface area contributed by atoms with Gasteiger partial charge >= 0.3 is 5.97 Å². The minimum absolute atomic E-state index is 0.0368. The van der Waals surface area contributed by atoms with Crippen molar-refractivity contribution in [2.45, 2.75) is 78.7 Å². The molecule has 22 heavy (non-hydrogen) atoms. The lowest BCUT2D eigenvalue weighted by molar-refractivity contribution is -0.149. The second-order valence-electron chi connectivity index (χ2n) is 6.33. The molecule has 0 aliphatic carbocycles. The molecule has 0 saturated heterocycles. The fourth-order valence-electron chi connectivity index (χ4n) is 2.06. The second kappa shape index (κ2) is 15.3. The smallest absolute Gasteiger partial charge is 0.306 e. The molecule has 0 radical (unpaired) electrons. The molecule has 4 heteroatoms. The van der Waals surface area contributed by atoms with Crippen LogP contribution in [0.4, 0.5) is 0 Å². The highest BCUT2D eigenvalue weighted by molar-refractivity contribution is 5.69. The molecule has 0 bridgehead atoms. The second-order valence-corrected chi connectivity index (χ2v) is 6.33. The average Bonchev–Trinajstić information content (AvgIpc) is 2.46. The molecule has 0 amide bonds. The lowest BCUT2D eigenvalue weighted by Gasteiger charge is -2.13. The topological polar surface area (TPSA) is 44.8 Å². The van der Waals surface area contributed by atoms with Crippen LogP contribution in [0.3, 0.4) is 0 Å². The summed E-state index contributed by atoms with van der Waals surface area (Å²) in [6.07, 6.45) is 7.02. The lowest BCUT2D eigenvalue weighted by atomic mass is 10.1. The first kappa shape index (κ1) is 21.4. The maximum atomic E-state index is 11.7. The summed E-state index contributed by atoms with van der Waals surface area (Å²) in [7, 11) is 0. The van der Waals surface area contributed by atoms with Crippen LogP contribution in [-0.2, 0) is 19.0 Å². The van der Waals surface area contributed by atoms with Gasteiger partial charge in [-0.1, -0.05) is 40.0 Å². The average molecular weight is 316 g/mol. The van der Waals surface area contributed by atoms with Gasteiger partial charge in [-0.3, -0.25) is 4.79 Å². The van der Waals surface area contributed by atoms with Gasteiger partial charge in [0.15, 0.2) is 0 Å². The number of hydrogen-bond donors (Lipinski definition) is 0. The van der Waals surface area contributed by atoms with Crippen molar-refractivity contribution in [2.24, 2.45) is 5.92 Å². The Hall–Kier alpha value is -0.610. The van der Waals surface area contributed by atoms with Gasteiger partial charge in [0.1, 0.15) is 0 Å². The van der Waals surface area contributed by atoms with Gasteiger partial charge in [-0.25, -0.2) is 0 Å². The lowest BCUT2D eigenvalue weighted by Crippen LogP contribution is -2.15. The van der Waals surface area contributed by atoms with Gasteiger partial charge in [0.05, 0.1) is 19.3 Å². The molecular formula is C18H36O4. The van der Waals surface area contributed by atoms with E-state index in [9.17, 15) is 4.79 Å². The Morgan fingerprint density at radius 3 is 2.32 bits per heavy atom. The fraction of sp³-hybridized carbons (Fsp3) is 0.944. The molecule has 0 spiro atoms. The zero-order valence-corrected chi connectivity index (χ0v) is 15.1. The summed E-state index contributed by atoms with van der Waals surface area (Å²) in [5.41, 5.74) is 0. The van der Waals surface area contributed by atoms with E-state index in [1.54, 1.807) is 0 Å². The molecule has 0 aromatic carbocycles. The Kier molecular flexibility index (Phi) is 14.9. The first-order valence-corrected chi connectivity index (χ1v) is 8.91. The van der Waals surface area contributed by atoms with Crippen molar-refractivity contribution in [3.63, 3.8) is 0 Å². The number of hydrogen-bond acceptors (Lipinski definition) is 4. The number of rotatable bonds is 15. The quantitative estimate of drug-likeness (QED) is 0.333. The summed E-state index contributed by atoms with van der Waals surface area (Å²) in [5.74, 6) is 0.446. The van der Waals surface area contributed by atoms with E-state index in [2.05, 4.69) is 20.8 Å². The van der Waals surface area contributed by atoms with E-state index in [1.165, 1.54) is 19.3 Å². The molecule has 0 N–H and O–H groups in total. The van der Waals surface area contributed by atoms with Gasteiger partial charge in [-0.15, -0.1) is 0 Å². The molecule has 132 valence electrons. The maximum Gasteiger partial charge on any atom is 0.306 e. The summed E-state index contributed by atoms with van der Waals surface area (Å²) in [6.45, 7) is 11.0. The fourth-order valence-corrected chi connectivity index (χ4v) is 2.06. The minimum atomic E-state index is -0.109. The molecule has 0 heterocycles. The third kappa shape index (κ3) is 15.8. The van der Waals surface area contributed by atoms with E-state index in [-0.39, 0.29) is 12.1 Å². The van der Waals surface area contributed by atoms with Crippen LogP contribution in [0.2, 0.25) is 0 Å². The van der Waals surface area contributed by atoms with Crippen LogP contribution in [0.15, 0.2) is 0 Å². The van der Waals surface area contributed by atoms with E-state index >= 15 is 0 Å². The molecule has 0 aromatic rings. The summed E-state index contributed by atoms with van der Waals surface area (Å²) in [5, 5.41) is 0. The molecule has 4 nitrogen and oxygen atoms in total. The van der Waals surface area contributed by atoms with E-state index in [0.29, 0.717) is 38.6 Å². The van der Waals surface area contributed by atoms with Crippen molar-refractivity contribution in [2.75, 3.05) is 26.4 Å². The Labute approximate surface area is 136 Å². The third-order valence-corrected chi connectivity index (χ3v) is 3.29. The number of carbonyl (C=O) groups excluding carboxylic acids is 1. The Morgan fingerprint density at radius 1 is 0.909 bits per heavy atom. The van der Waals surface area contributed by atoms with Crippen molar-refractivity contribution in [1.82, 2.24) is 0 Å². The van der Waals surface area contributed by atoms with E-state index in [0.717, 1.165) is 19.4 Å². The van der Waals surface area contributed by atoms with Crippen LogP contribution in [0.25, 0.3) is 0 Å². The predicted octanol–water partition coefficient (Wildman–Crippen LogP) is 4.36. The summed E-state index contributed by atoms with van der Waals surface area (Å²) < 4.78 is 16.2. The highest BCUT2D eigenvalue weighted by atomic mass is 16.5. The van der Waals surface area contributed by atoms with Crippen LogP contribution >= 0.6 is 0 Å². The van der Waals surface area contributed by atoms with Crippen LogP contribution < -0.4 is 0 Å². The van der Waals surface area contributed by atoms with E-state index in [4.69, 9.17) is 14.2 Å². The molecule has 1 unspecified atom stereocenters. The first-order valence-electron chi connectivity index (χ1n) is 8.91. The van der Waals surface area contributed by atoms with Crippen LogP contribution in [-0.4, -0.2) is 38.5 Å². The van der Waals surface area contributed by atoms with Crippen molar-refractivity contribution < 1.29 is 19.0 Å². The normalized spacial score (nSPS) is 12.6. The Morgan fingerprint density at radius 2 is 1.64 bits per heavy atom. The van der Waals surface area contributed by atoms with E-state index in [1.807, 2.05) is 6.92 Å². The molecule has 0 fully saturated rings. The monoisotopic (exact) mass is 316 g/mol. The van der Waals surface area contributed by atoms with Gasteiger partial charge in [0.25, 0.3) is 0 Å². The number of unbranched alkanes of at least 4 members (excludes halogenated alkanes) is 3. The van der Waals surface area contributed by atoms with E-state index < -0.39 is 0 Å². The van der Waals surface area contributed by atoms with Gasteiger partial charge in [-0.2, -0.15) is 0 Å². The third-order valence-electron chi connectivity index (χ3n) is 3.29. The zero-order valence-electron chi connectivity index (χ0n) is 15.1. The highest BCUT2D eigenvalue weighted by Crippen LogP contribution is 2.09.